The Balaban J connectivity index is 0.00000121. The van der Waals surface area contributed by atoms with Gasteiger partial charge in [0, 0.05) is 0 Å². The van der Waals surface area contributed by atoms with E-state index in [1.54, 1.807) is 0 Å². The maximum Gasteiger partial charge on any atom is 0.307 e. The van der Waals surface area contributed by atoms with E-state index in [4.69, 9.17) is 10.2 Å². The average molecular weight is 195 g/mol. The Bertz CT molecular complexity index is 172. The molecule has 0 heterocycles. The molecule has 0 aliphatic heterocycles. The molecule has 12 heavy (non-hydrogen) atoms. The summed E-state index contributed by atoms with van der Waals surface area (Å²) in [4.78, 5) is 20.9. The maximum atomic E-state index is 10.5. The molecule has 4 nitrogen and oxygen atoms in total. The number of carbonyl (C=O) groups is 2. The Labute approximate surface area is 76.0 Å². The normalized spacial score (nSPS) is 27.7. The summed E-state index contributed by atoms with van der Waals surface area (Å²) in [5.74, 6) is -3.27. The van der Waals surface area contributed by atoms with Gasteiger partial charge in [-0.25, -0.2) is 0 Å². The Morgan fingerprint density at radius 2 is 1.33 bits per heavy atom. The van der Waals surface area contributed by atoms with E-state index in [2.05, 4.69) is 0 Å². The lowest BCUT2D eigenvalue weighted by molar-refractivity contribution is -0.152. The van der Waals surface area contributed by atoms with Gasteiger partial charge in [-0.15, -0.1) is 12.4 Å². The molecular formula is C7H11ClO4. The van der Waals surface area contributed by atoms with E-state index in [9.17, 15) is 9.59 Å². The lowest BCUT2D eigenvalue weighted by atomic mass is 9.97. The number of aliphatic carboxylic acids is 2. The molecule has 1 aliphatic rings. The number of halogens is 1. The van der Waals surface area contributed by atoms with Crippen LogP contribution < -0.4 is 0 Å². The Morgan fingerprint density at radius 1 is 1.00 bits per heavy atom. The minimum atomic E-state index is -0.977. The van der Waals surface area contributed by atoms with Crippen LogP contribution >= 0.6 is 12.4 Å². The first-order chi connectivity index (χ1) is 5.13. The molecule has 0 aromatic rings. The standard InChI is InChI=1S/C7H10O4.ClH/c8-6(9)4-2-1-3-5(4)7(10)11;/h4-5H,1-3H2,(H,8,9)(H,10,11);1H. The highest BCUT2D eigenvalue weighted by atomic mass is 35.5. The lowest BCUT2D eigenvalue weighted by Crippen LogP contribution is -2.24. The second-order valence-electron chi connectivity index (χ2n) is 2.82. The number of carboxylic acids is 2. The van der Waals surface area contributed by atoms with Crippen LogP contribution in [-0.2, 0) is 9.59 Å². The van der Waals surface area contributed by atoms with Gasteiger partial charge in [0.25, 0.3) is 0 Å². The molecule has 2 N–H and O–H groups in total. The highest BCUT2D eigenvalue weighted by Crippen LogP contribution is 2.31. The van der Waals surface area contributed by atoms with Crippen molar-refractivity contribution in [2.24, 2.45) is 11.8 Å². The van der Waals surface area contributed by atoms with Crippen LogP contribution in [0.25, 0.3) is 0 Å². The van der Waals surface area contributed by atoms with Gasteiger partial charge in [-0.05, 0) is 12.8 Å². The van der Waals surface area contributed by atoms with Crippen LogP contribution in [0, 0.1) is 11.8 Å². The van der Waals surface area contributed by atoms with Gasteiger partial charge in [0.15, 0.2) is 0 Å². The van der Waals surface area contributed by atoms with Crippen molar-refractivity contribution in [1.29, 1.82) is 0 Å². The average Bonchev–Trinajstić information content (AvgIpc) is 2.32. The molecule has 5 heteroatoms. The van der Waals surface area contributed by atoms with Crippen molar-refractivity contribution in [3.05, 3.63) is 0 Å². The van der Waals surface area contributed by atoms with E-state index in [0.717, 1.165) is 0 Å². The van der Waals surface area contributed by atoms with Crippen molar-refractivity contribution in [1.82, 2.24) is 0 Å². The van der Waals surface area contributed by atoms with Crippen LogP contribution in [0.1, 0.15) is 19.3 Å². The second-order valence-corrected chi connectivity index (χ2v) is 2.82. The van der Waals surface area contributed by atoms with Crippen LogP contribution in [-0.4, -0.2) is 22.2 Å². The number of hydrogen-bond donors (Lipinski definition) is 2. The summed E-state index contributed by atoms with van der Waals surface area (Å²) < 4.78 is 0. The summed E-state index contributed by atoms with van der Waals surface area (Å²) in [5.41, 5.74) is 0. The highest BCUT2D eigenvalue weighted by molar-refractivity contribution is 5.85. The highest BCUT2D eigenvalue weighted by Gasteiger charge is 2.37. The van der Waals surface area contributed by atoms with E-state index in [0.29, 0.717) is 19.3 Å². The molecule has 1 fully saturated rings. The molecule has 2 unspecified atom stereocenters. The molecule has 1 saturated carbocycles. The van der Waals surface area contributed by atoms with E-state index < -0.39 is 23.8 Å². The molecule has 0 aromatic heterocycles. The third-order valence-electron chi connectivity index (χ3n) is 2.15. The largest absolute Gasteiger partial charge is 0.481 e. The quantitative estimate of drug-likeness (QED) is 0.688. The topological polar surface area (TPSA) is 74.6 Å². The number of hydrogen-bond acceptors (Lipinski definition) is 2. The van der Waals surface area contributed by atoms with E-state index in [1.807, 2.05) is 0 Å². The molecule has 70 valence electrons. The Kier molecular flexibility index (Phi) is 4.03. The zero-order valence-electron chi connectivity index (χ0n) is 6.40. The Hall–Kier alpha value is -0.770. The minimum Gasteiger partial charge on any atom is -0.481 e. The molecule has 0 aromatic carbocycles. The molecule has 0 radical (unpaired) electrons. The third kappa shape index (κ3) is 2.11. The van der Waals surface area contributed by atoms with Crippen molar-refractivity contribution >= 4 is 24.3 Å². The molecule has 1 rings (SSSR count). The number of rotatable bonds is 2. The first-order valence-electron chi connectivity index (χ1n) is 3.58. The van der Waals surface area contributed by atoms with Gasteiger partial charge in [-0.3, -0.25) is 9.59 Å². The van der Waals surface area contributed by atoms with E-state index in [-0.39, 0.29) is 12.4 Å². The third-order valence-corrected chi connectivity index (χ3v) is 2.15. The summed E-state index contributed by atoms with van der Waals surface area (Å²) in [6.45, 7) is 0. The van der Waals surface area contributed by atoms with Gasteiger partial charge in [-0.2, -0.15) is 0 Å². The molecule has 0 amide bonds. The lowest BCUT2D eigenvalue weighted by Gasteiger charge is -2.09. The van der Waals surface area contributed by atoms with Crippen molar-refractivity contribution in [3.63, 3.8) is 0 Å². The van der Waals surface area contributed by atoms with E-state index >= 15 is 0 Å². The molecular weight excluding hydrogens is 184 g/mol. The zero-order chi connectivity index (χ0) is 8.43. The summed E-state index contributed by atoms with van der Waals surface area (Å²) in [7, 11) is 0. The monoisotopic (exact) mass is 194 g/mol. The van der Waals surface area contributed by atoms with Crippen LogP contribution in [0.3, 0.4) is 0 Å². The van der Waals surface area contributed by atoms with Crippen LogP contribution in [0.2, 0.25) is 0 Å². The fourth-order valence-electron chi connectivity index (χ4n) is 1.55. The van der Waals surface area contributed by atoms with Crippen molar-refractivity contribution in [2.45, 2.75) is 19.3 Å². The van der Waals surface area contributed by atoms with Gasteiger partial charge in [0.05, 0.1) is 11.8 Å². The second kappa shape index (κ2) is 4.30. The van der Waals surface area contributed by atoms with Gasteiger partial charge in [0.2, 0.25) is 0 Å². The summed E-state index contributed by atoms with van der Waals surface area (Å²) >= 11 is 0. The summed E-state index contributed by atoms with van der Waals surface area (Å²) in [5, 5.41) is 17.1. The zero-order valence-corrected chi connectivity index (χ0v) is 7.21. The molecule has 1 aliphatic carbocycles. The molecule has 2 atom stereocenters. The number of carboxylic acid groups (broad SMARTS) is 2. The Morgan fingerprint density at radius 3 is 1.58 bits per heavy atom. The predicted molar refractivity (Wildman–Crippen MR) is 43.4 cm³/mol. The van der Waals surface area contributed by atoms with Crippen LogP contribution in [0.4, 0.5) is 0 Å². The summed E-state index contributed by atoms with van der Waals surface area (Å²) in [6, 6.07) is 0. The first kappa shape index (κ1) is 11.2. The van der Waals surface area contributed by atoms with Gasteiger partial charge < -0.3 is 10.2 Å². The fraction of sp³-hybridized carbons (Fsp3) is 0.714. The minimum absolute atomic E-state index is 0. The van der Waals surface area contributed by atoms with Gasteiger partial charge in [-0.1, -0.05) is 6.42 Å². The molecule has 0 spiro atoms. The maximum absolute atomic E-state index is 10.5. The first-order valence-corrected chi connectivity index (χ1v) is 3.58. The van der Waals surface area contributed by atoms with Gasteiger partial charge in [0.1, 0.15) is 0 Å². The van der Waals surface area contributed by atoms with Crippen molar-refractivity contribution in [3.8, 4) is 0 Å². The summed E-state index contributed by atoms with van der Waals surface area (Å²) in [6.07, 6.45) is 1.73. The molecule has 0 saturated heterocycles. The molecule has 0 bridgehead atoms. The van der Waals surface area contributed by atoms with Crippen molar-refractivity contribution in [2.75, 3.05) is 0 Å². The fourth-order valence-corrected chi connectivity index (χ4v) is 1.55. The van der Waals surface area contributed by atoms with E-state index in [1.165, 1.54) is 0 Å². The smallest absolute Gasteiger partial charge is 0.307 e. The SMILES string of the molecule is Cl.O=C(O)C1CCCC1C(=O)O. The predicted octanol–water partition coefficient (Wildman–Crippen LogP) is 0.994. The van der Waals surface area contributed by atoms with Gasteiger partial charge >= 0.3 is 11.9 Å². The van der Waals surface area contributed by atoms with Crippen molar-refractivity contribution < 1.29 is 19.8 Å². The van der Waals surface area contributed by atoms with Crippen LogP contribution in [0.5, 0.6) is 0 Å². The van der Waals surface area contributed by atoms with Crippen LogP contribution in [0.15, 0.2) is 0 Å².